The number of carbonyl (C=O) groups is 1. The normalized spacial score (nSPS) is 21.5. The number of likely N-dealkylation sites (tertiary alicyclic amines) is 1. The molecule has 1 N–H and O–H groups in total. The molecule has 2 rings (SSSR count). The highest BCUT2D eigenvalue weighted by molar-refractivity contribution is 7.09. The van der Waals surface area contributed by atoms with E-state index in [1.54, 1.807) is 11.1 Å². The highest BCUT2D eigenvalue weighted by Gasteiger charge is 2.37. The van der Waals surface area contributed by atoms with Crippen molar-refractivity contribution in [3.63, 3.8) is 0 Å². The van der Waals surface area contributed by atoms with Crippen LogP contribution in [-0.2, 0) is 4.74 Å². The Morgan fingerprint density at radius 3 is 2.95 bits per heavy atom. The molecule has 0 radical (unpaired) electrons. The van der Waals surface area contributed by atoms with Gasteiger partial charge in [-0.25, -0.2) is 9.78 Å². The molecule has 0 saturated carbocycles. The summed E-state index contributed by atoms with van der Waals surface area (Å²) in [5.41, 5.74) is -0.518. The predicted molar refractivity (Wildman–Crippen MR) is 73.0 cm³/mol. The third-order valence-corrected chi connectivity index (χ3v) is 3.84. The lowest BCUT2D eigenvalue weighted by Crippen LogP contribution is -2.42. The third-order valence-electron chi connectivity index (χ3n) is 3.00. The molecule has 0 aliphatic carbocycles. The van der Waals surface area contributed by atoms with E-state index < -0.39 is 11.7 Å². The fourth-order valence-electron chi connectivity index (χ4n) is 2.21. The maximum atomic E-state index is 12.1. The van der Waals surface area contributed by atoms with Crippen molar-refractivity contribution in [2.45, 2.75) is 51.4 Å². The van der Waals surface area contributed by atoms with Crippen molar-refractivity contribution in [2.24, 2.45) is 0 Å². The summed E-state index contributed by atoms with van der Waals surface area (Å²) in [4.78, 5) is 17.9. The minimum absolute atomic E-state index is 0.235. The van der Waals surface area contributed by atoms with Gasteiger partial charge in [-0.05, 0) is 33.6 Å². The molecule has 2 atom stereocenters. The second-order valence-corrected chi connectivity index (χ2v) is 6.62. The van der Waals surface area contributed by atoms with Gasteiger partial charge in [0.15, 0.2) is 0 Å². The maximum Gasteiger partial charge on any atom is 0.410 e. The van der Waals surface area contributed by atoms with Crippen LogP contribution < -0.4 is 0 Å². The molecule has 1 aromatic rings. The van der Waals surface area contributed by atoms with Gasteiger partial charge in [-0.3, -0.25) is 0 Å². The highest BCUT2D eigenvalue weighted by Crippen LogP contribution is 2.31. The summed E-state index contributed by atoms with van der Waals surface area (Å²) in [6.45, 7) is 6.15. The Hall–Kier alpha value is -1.14. The summed E-state index contributed by atoms with van der Waals surface area (Å²) in [6.07, 6.45) is 2.24. The van der Waals surface area contributed by atoms with Crippen LogP contribution in [-0.4, -0.2) is 39.3 Å². The first kappa shape index (κ1) is 14.3. The van der Waals surface area contributed by atoms with Crippen molar-refractivity contribution in [1.29, 1.82) is 0 Å². The number of hydrogen-bond acceptors (Lipinski definition) is 5. The van der Waals surface area contributed by atoms with E-state index in [0.29, 0.717) is 11.6 Å². The van der Waals surface area contributed by atoms with E-state index in [-0.39, 0.29) is 12.1 Å². The number of rotatable bonds is 2. The molecule has 0 bridgehead atoms. The van der Waals surface area contributed by atoms with E-state index in [1.165, 1.54) is 11.3 Å². The minimum atomic E-state index is -0.727. The fourth-order valence-corrected chi connectivity index (χ4v) is 2.89. The van der Waals surface area contributed by atoms with Crippen LogP contribution in [0.25, 0.3) is 0 Å². The Kier molecular flexibility index (Phi) is 4.10. The number of ether oxygens (including phenoxy) is 1. The molecule has 5 nitrogen and oxygen atoms in total. The van der Waals surface area contributed by atoms with Crippen LogP contribution in [0.15, 0.2) is 11.6 Å². The Labute approximate surface area is 117 Å². The van der Waals surface area contributed by atoms with Crippen LogP contribution in [0.5, 0.6) is 0 Å². The van der Waals surface area contributed by atoms with Crippen LogP contribution in [0.3, 0.4) is 0 Å². The van der Waals surface area contributed by atoms with E-state index in [2.05, 4.69) is 4.98 Å². The van der Waals surface area contributed by atoms with Crippen molar-refractivity contribution in [3.8, 4) is 0 Å². The number of aliphatic hydroxyl groups excluding tert-OH is 1. The zero-order valence-corrected chi connectivity index (χ0v) is 12.3. The van der Waals surface area contributed by atoms with Crippen LogP contribution in [0.2, 0.25) is 0 Å². The molecular weight excluding hydrogens is 264 g/mol. The first-order valence-electron chi connectivity index (χ1n) is 6.45. The second kappa shape index (κ2) is 5.46. The number of aromatic nitrogens is 1. The third kappa shape index (κ3) is 3.45. The molecule has 1 aromatic heterocycles. The van der Waals surface area contributed by atoms with Gasteiger partial charge in [-0.15, -0.1) is 11.3 Å². The molecule has 1 amide bonds. The molecule has 0 unspecified atom stereocenters. The zero-order chi connectivity index (χ0) is 14.0. The Morgan fingerprint density at radius 2 is 2.37 bits per heavy atom. The summed E-state index contributed by atoms with van der Waals surface area (Å²) >= 11 is 1.40. The van der Waals surface area contributed by atoms with Gasteiger partial charge in [0.2, 0.25) is 0 Å². The first-order valence-corrected chi connectivity index (χ1v) is 7.33. The molecule has 1 saturated heterocycles. The largest absolute Gasteiger partial charge is 0.444 e. The van der Waals surface area contributed by atoms with Gasteiger partial charge in [-0.2, -0.15) is 0 Å². The highest BCUT2D eigenvalue weighted by atomic mass is 32.1. The predicted octanol–water partition coefficient (Wildman–Crippen LogP) is 2.58. The molecule has 1 fully saturated rings. The van der Waals surface area contributed by atoms with Gasteiger partial charge in [0.1, 0.15) is 16.7 Å². The molecule has 1 aliphatic rings. The minimum Gasteiger partial charge on any atom is -0.444 e. The molecule has 0 spiro atoms. The van der Waals surface area contributed by atoms with E-state index in [4.69, 9.17) is 4.74 Å². The summed E-state index contributed by atoms with van der Waals surface area (Å²) in [5, 5.41) is 12.8. The van der Waals surface area contributed by atoms with Gasteiger partial charge in [0.25, 0.3) is 0 Å². The molecule has 6 heteroatoms. The molecule has 1 aliphatic heterocycles. The van der Waals surface area contributed by atoms with E-state index in [9.17, 15) is 9.90 Å². The van der Waals surface area contributed by atoms with Crippen molar-refractivity contribution in [1.82, 2.24) is 9.88 Å². The number of carbonyl (C=O) groups excluding carboxylic acids is 1. The van der Waals surface area contributed by atoms with Gasteiger partial charge >= 0.3 is 6.09 Å². The van der Waals surface area contributed by atoms with E-state index >= 15 is 0 Å². The van der Waals surface area contributed by atoms with Gasteiger partial charge < -0.3 is 14.7 Å². The lowest BCUT2D eigenvalue weighted by atomic mass is 10.1. The quantitative estimate of drug-likeness (QED) is 0.906. The summed E-state index contributed by atoms with van der Waals surface area (Å²) in [7, 11) is 0. The smallest absolute Gasteiger partial charge is 0.410 e. The molecule has 19 heavy (non-hydrogen) atoms. The van der Waals surface area contributed by atoms with Crippen molar-refractivity contribution < 1.29 is 14.6 Å². The molecule has 2 heterocycles. The average Bonchev–Trinajstić information content (AvgIpc) is 2.97. The second-order valence-electron chi connectivity index (χ2n) is 5.70. The Morgan fingerprint density at radius 1 is 1.63 bits per heavy atom. The topological polar surface area (TPSA) is 62.7 Å². The number of aliphatic hydroxyl groups is 1. The Balaban J connectivity index is 2.06. The number of thiazole rings is 1. The van der Waals surface area contributed by atoms with Crippen molar-refractivity contribution >= 4 is 17.4 Å². The average molecular weight is 284 g/mol. The van der Waals surface area contributed by atoms with Crippen LogP contribution >= 0.6 is 11.3 Å². The standard InChI is InChI=1S/C13H20N2O3S/c1-13(2,3)18-12(17)15-7-4-5-9(15)10(16)11-14-6-8-19-11/h6,8-10,16H,4-5,7H2,1-3H3/t9-,10-/m0/s1. The fraction of sp³-hybridized carbons (Fsp3) is 0.692. The van der Waals surface area contributed by atoms with Crippen LogP contribution in [0, 0.1) is 0 Å². The SMILES string of the molecule is CC(C)(C)OC(=O)N1CCC[C@H]1[C@H](O)c1nccs1. The van der Waals surface area contributed by atoms with Gasteiger partial charge in [0, 0.05) is 18.1 Å². The van der Waals surface area contributed by atoms with Gasteiger partial charge in [-0.1, -0.05) is 0 Å². The first-order chi connectivity index (χ1) is 8.88. The molecule has 106 valence electrons. The lowest BCUT2D eigenvalue weighted by Gasteiger charge is -2.30. The summed E-state index contributed by atoms with van der Waals surface area (Å²) in [5.74, 6) is 0. The molecule has 0 aromatic carbocycles. The zero-order valence-electron chi connectivity index (χ0n) is 11.5. The van der Waals surface area contributed by atoms with E-state index in [0.717, 1.165) is 12.8 Å². The number of amides is 1. The van der Waals surface area contributed by atoms with Crippen molar-refractivity contribution in [3.05, 3.63) is 16.6 Å². The lowest BCUT2D eigenvalue weighted by molar-refractivity contribution is 0.00487. The van der Waals surface area contributed by atoms with Gasteiger partial charge in [0.05, 0.1) is 6.04 Å². The number of nitrogens with zero attached hydrogens (tertiary/aromatic N) is 2. The van der Waals surface area contributed by atoms with Crippen LogP contribution in [0.1, 0.15) is 44.7 Å². The Bertz CT molecular complexity index is 428. The summed E-state index contributed by atoms with van der Waals surface area (Å²) in [6, 6.07) is -0.235. The monoisotopic (exact) mass is 284 g/mol. The maximum absolute atomic E-state index is 12.1. The summed E-state index contributed by atoms with van der Waals surface area (Å²) < 4.78 is 5.38. The molecular formula is C13H20N2O3S. The number of hydrogen-bond donors (Lipinski definition) is 1. The van der Waals surface area contributed by atoms with Crippen molar-refractivity contribution in [2.75, 3.05) is 6.54 Å². The van der Waals surface area contributed by atoms with E-state index in [1.807, 2.05) is 26.2 Å². The van der Waals surface area contributed by atoms with Crippen LogP contribution in [0.4, 0.5) is 4.79 Å².